The highest BCUT2D eigenvalue weighted by Crippen LogP contribution is 2.30. The molecule has 0 aliphatic carbocycles. The predicted molar refractivity (Wildman–Crippen MR) is 101 cm³/mol. The monoisotopic (exact) mass is 425 g/mol. The lowest BCUT2D eigenvalue weighted by atomic mass is 10.1. The summed E-state index contributed by atoms with van der Waals surface area (Å²) >= 11 is 3.30. The van der Waals surface area contributed by atoms with Crippen molar-refractivity contribution in [3.8, 4) is 0 Å². The summed E-state index contributed by atoms with van der Waals surface area (Å²) in [4.78, 5) is 11.0. The van der Waals surface area contributed by atoms with Crippen molar-refractivity contribution >= 4 is 37.6 Å². The van der Waals surface area contributed by atoms with Crippen LogP contribution in [-0.4, -0.2) is 26.0 Å². The molecule has 0 spiro atoms. The molecule has 0 fully saturated rings. The smallest absolute Gasteiger partial charge is 0.303 e. The van der Waals surface area contributed by atoms with E-state index < -0.39 is 16.0 Å². The second-order valence-corrected chi connectivity index (χ2v) is 8.55. The number of benzene rings is 2. The van der Waals surface area contributed by atoms with Crippen molar-refractivity contribution in [1.82, 2.24) is 0 Å². The van der Waals surface area contributed by atoms with Gasteiger partial charge >= 0.3 is 5.97 Å². The van der Waals surface area contributed by atoms with Crippen LogP contribution < -0.4 is 4.31 Å². The van der Waals surface area contributed by atoms with Gasteiger partial charge in [0.25, 0.3) is 10.0 Å². The average Bonchev–Trinajstić information content (AvgIpc) is 2.53. The SMILES string of the molecule is Cc1cccc(C)c1N(CCCC(=O)O)S(=O)(=O)c1ccc(Br)cc1. The number of nitrogens with zero attached hydrogens (tertiary/aromatic N) is 1. The maximum Gasteiger partial charge on any atom is 0.303 e. The number of halogens is 1. The largest absolute Gasteiger partial charge is 0.481 e. The van der Waals surface area contributed by atoms with Gasteiger partial charge in [-0.15, -0.1) is 0 Å². The molecule has 7 heteroatoms. The standard InChI is InChI=1S/C18H20BrNO4S/c1-13-5-3-6-14(2)18(13)20(12-4-7-17(21)22)25(23,24)16-10-8-15(19)9-11-16/h3,5-6,8-11H,4,7,12H2,1-2H3,(H,21,22). The molecule has 2 aromatic rings. The Morgan fingerprint density at radius 1 is 1.08 bits per heavy atom. The van der Waals surface area contributed by atoms with Gasteiger partial charge in [-0.3, -0.25) is 9.10 Å². The summed E-state index contributed by atoms with van der Waals surface area (Å²) in [5.74, 6) is -0.942. The Labute approximate surface area is 156 Å². The highest BCUT2D eigenvalue weighted by Gasteiger charge is 2.27. The molecule has 0 bridgehead atoms. The maximum absolute atomic E-state index is 13.2. The summed E-state index contributed by atoms with van der Waals surface area (Å²) in [6.45, 7) is 3.81. The van der Waals surface area contributed by atoms with Gasteiger partial charge in [-0.05, 0) is 55.7 Å². The highest BCUT2D eigenvalue weighted by molar-refractivity contribution is 9.10. The van der Waals surface area contributed by atoms with Crippen LogP contribution in [0.1, 0.15) is 24.0 Å². The fourth-order valence-electron chi connectivity index (χ4n) is 2.66. The first-order chi connectivity index (χ1) is 11.7. The van der Waals surface area contributed by atoms with Crippen molar-refractivity contribution in [2.24, 2.45) is 0 Å². The third kappa shape index (κ3) is 4.61. The summed E-state index contributed by atoms with van der Waals surface area (Å²) < 4.78 is 28.5. The molecule has 25 heavy (non-hydrogen) atoms. The molecule has 0 aliphatic heterocycles. The normalized spacial score (nSPS) is 11.3. The summed E-state index contributed by atoms with van der Waals surface area (Å²) in [5.41, 5.74) is 2.27. The molecule has 2 rings (SSSR count). The number of aryl methyl sites for hydroxylation is 2. The Morgan fingerprint density at radius 2 is 1.64 bits per heavy atom. The van der Waals surface area contributed by atoms with Crippen LogP contribution in [-0.2, 0) is 14.8 Å². The lowest BCUT2D eigenvalue weighted by Gasteiger charge is -2.27. The van der Waals surface area contributed by atoms with Gasteiger partial charge in [0.1, 0.15) is 0 Å². The van der Waals surface area contributed by atoms with Gasteiger partial charge in [-0.1, -0.05) is 34.1 Å². The second kappa shape index (κ2) is 8.01. The van der Waals surface area contributed by atoms with Crippen LogP contribution in [0.25, 0.3) is 0 Å². The van der Waals surface area contributed by atoms with Crippen molar-refractivity contribution in [3.63, 3.8) is 0 Å². The van der Waals surface area contributed by atoms with Crippen LogP contribution in [0.4, 0.5) is 5.69 Å². The summed E-state index contributed by atoms with van der Waals surface area (Å²) in [6, 6.07) is 12.0. The zero-order valence-electron chi connectivity index (χ0n) is 14.1. The third-order valence-corrected chi connectivity index (χ3v) is 6.18. The number of para-hydroxylation sites is 1. The molecule has 5 nitrogen and oxygen atoms in total. The van der Waals surface area contributed by atoms with Gasteiger partial charge in [-0.2, -0.15) is 0 Å². The van der Waals surface area contributed by atoms with E-state index in [4.69, 9.17) is 5.11 Å². The van der Waals surface area contributed by atoms with Gasteiger partial charge in [0, 0.05) is 17.4 Å². The molecule has 134 valence electrons. The molecule has 0 saturated heterocycles. The molecule has 0 saturated carbocycles. The number of rotatable bonds is 7. The number of carboxylic acid groups (broad SMARTS) is 1. The van der Waals surface area contributed by atoms with Crippen LogP contribution in [0.2, 0.25) is 0 Å². The van der Waals surface area contributed by atoms with Crippen molar-refractivity contribution in [2.45, 2.75) is 31.6 Å². The summed E-state index contributed by atoms with van der Waals surface area (Å²) in [7, 11) is -3.79. The van der Waals surface area contributed by atoms with Gasteiger partial charge in [0.15, 0.2) is 0 Å². The van der Waals surface area contributed by atoms with E-state index in [1.165, 1.54) is 16.4 Å². The third-order valence-electron chi connectivity index (χ3n) is 3.84. The molecule has 0 aromatic heterocycles. The molecular formula is C18H20BrNO4S. The van der Waals surface area contributed by atoms with Crippen molar-refractivity contribution in [1.29, 1.82) is 0 Å². The first-order valence-corrected chi connectivity index (χ1v) is 10.0. The van der Waals surface area contributed by atoms with Gasteiger partial charge in [0.2, 0.25) is 0 Å². The quantitative estimate of drug-likeness (QED) is 0.723. The van der Waals surface area contributed by atoms with E-state index in [-0.39, 0.29) is 24.3 Å². The van der Waals surface area contributed by atoms with E-state index >= 15 is 0 Å². The van der Waals surface area contributed by atoms with E-state index in [1.54, 1.807) is 12.1 Å². The lowest BCUT2D eigenvalue weighted by Crippen LogP contribution is -2.33. The molecule has 0 heterocycles. The Hall–Kier alpha value is -1.86. The van der Waals surface area contributed by atoms with E-state index in [9.17, 15) is 13.2 Å². The maximum atomic E-state index is 13.2. The van der Waals surface area contributed by atoms with Crippen LogP contribution in [0.5, 0.6) is 0 Å². The average molecular weight is 426 g/mol. The predicted octanol–water partition coefficient (Wildman–Crippen LogP) is 4.13. The first kappa shape index (κ1) is 19.5. The van der Waals surface area contributed by atoms with Gasteiger partial charge < -0.3 is 5.11 Å². The molecule has 0 atom stereocenters. The topological polar surface area (TPSA) is 74.7 Å². The zero-order chi connectivity index (χ0) is 18.6. The number of hydrogen-bond donors (Lipinski definition) is 1. The zero-order valence-corrected chi connectivity index (χ0v) is 16.5. The number of sulfonamides is 1. The summed E-state index contributed by atoms with van der Waals surface area (Å²) in [5, 5.41) is 8.88. The van der Waals surface area contributed by atoms with E-state index in [1.807, 2.05) is 32.0 Å². The number of carbonyl (C=O) groups is 1. The van der Waals surface area contributed by atoms with E-state index in [0.717, 1.165) is 15.6 Å². The van der Waals surface area contributed by atoms with Crippen LogP contribution >= 0.6 is 15.9 Å². The number of anilines is 1. The fraction of sp³-hybridized carbons (Fsp3) is 0.278. The second-order valence-electron chi connectivity index (χ2n) is 5.77. The number of hydrogen-bond acceptors (Lipinski definition) is 3. The Morgan fingerprint density at radius 3 is 2.16 bits per heavy atom. The molecule has 2 aromatic carbocycles. The number of carboxylic acids is 1. The Kier molecular flexibility index (Phi) is 6.24. The first-order valence-electron chi connectivity index (χ1n) is 7.80. The van der Waals surface area contributed by atoms with Gasteiger partial charge in [-0.25, -0.2) is 8.42 Å². The molecular weight excluding hydrogens is 406 g/mol. The molecule has 0 amide bonds. The van der Waals surface area contributed by atoms with Crippen LogP contribution in [0.3, 0.4) is 0 Å². The van der Waals surface area contributed by atoms with Crippen molar-refractivity contribution in [3.05, 3.63) is 58.1 Å². The Balaban J connectivity index is 2.50. The Bertz CT molecular complexity index is 843. The van der Waals surface area contributed by atoms with Crippen LogP contribution in [0.15, 0.2) is 51.8 Å². The minimum Gasteiger partial charge on any atom is -0.481 e. The lowest BCUT2D eigenvalue weighted by molar-refractivity contribution is -0.137. The van der Waals surface area contributed by atoms with Gasteiger partial charge in [0.05, 0.1) is 10.6 Å². The minimum atomic E-state index is -3.79. The summed E-state index contributed by atoms with van der Waals surface area (Å²) in [6.07, 6.45) is 0.149. The molecule has 0 radical (unpaired) electrons. The minimum absolute atomic E-state index is 0.0860. The molecule has 0 unspecified atom stereocenters. The number of aliphatic carboxylic acids is 1. The van der Waals surface area contributed by atoms with E-state index in [0.29, 0.717) is 5.69 Å². The molecule has 0 aliphatic rings. The highest BCUT2D eigenvalue weighted by atomic mass is 79.9. The van der Waals surface area contributed by atoms with Crippen LogP contribution in [0, 0.1) is 13.8 Å². The van der Waals surface area contributed by atoms with Crippen molar-refractivity contribution < 1.29 is 18.3 Å². The van der Waals surface area contributed by atoms with Crippen molar-refractivity contribution in [2.75, 3.05) is 10.8 Å². The fourth-order valence-corrected chi connectivity index (χ4v) is 4.56. The molecule has 1 N–H and O–H groups in total. The van der Waals surface area contributed by atoms with E-state index in [2.05, 4.69) is 15.9 Å².